The van der Waals surface area contributed by atoms with Crippen molar-refractivity contribution in [2.24, 2.45) is 0 Å². The third-order valence-corrected chi connectivity index (χ3v) is 6.44. The van der Waals surface area contributed by atoms with Crippen LogP contribution < -0.4 is 0 Å². The Hall–Kier alpha value is -0.870. The van der Waals surface area contributed by atoms with Crippen LogP contribution in [0.1, 0.15) is 29.5 Å². The lowest BCUT2D eigenvalue weighted by Crippen LogP contribution is -2.40. The summed E-state index contributed by atoms with van der Waals surface area (Å²) >= 11 is 9.99. The van der Waals surface area contributed by atoms with E-state index in [0.717, 1.165) is 34.7 Å². The molecule has 2 aromatic carbocycles. The first kappa shape index (κ1) is 15.6. The highest BCUT2D eigenvalue weighted by Gasteiger charge is 2.48. The van der Waals surface area contributed by atoms with Gasteiger partial charge < -0.3 is 4.74 Å². The average molecular weight is 393 g/mol. The number of hydrogen-bond acceptors (Lipinski definition) is 2. The first-order valence-electron chi connectivity index (χ1n) is 7.94. The first-order valence-corrected chi connectivity index (χ1v) is 9.11. The third kappa shape index (κ3) is 2.74. The molecule has 0 radical (unpaired) electrons. The molecule has 23 heavy (non-hydrogen) atoms. The lowest BCUT2D eigenvalue weighted by molar-refractivity contribution is -0.0567. The maximum Gasteiger partial charge on any atom is 0.0866 e. The Morgan fingerprint density at radius 3 is 2.83 bits per heavy atom. The summed E-state index contributed by atoms with van der Waals surface area (Å²) in [6.45, 7) is 5.77. The molecule has 120 valence electrons. The monoisotopic (exact) mass is 391 g/mol. The molecular formula is C19H19BrClNO. The van der Waals surface area contributed by atoms with Crippen LogP contribution in [-0.2, 0) is 17.9 Å². The van der Waals surface area contributed by atoms with Gasteiger partial charge in [0.1, 0.15) is 0 Å². The van der Waals surface area contributed by atoms with Crippen LogP contribution in [0.25, 0.3) is 0 Å². The molecule has 2 aromatic rings. The lowest BCUT2D eigenvalue weighted by Gasteiger charge is -2.37. The Labute approximate surface area is 150 Å². The number of benzene rings is 2. The van der Waals surface area contributed by atoms with E-state index in [1.165, 1.54) is 11.1 Å². The number of likely N-dealkylation sites (tertiary alicyclic amines) is 1. The van der Waals surface area contributed by atoms with Crippen LogP contribution >= 0.6 is 27.5 Å². The van der Waals surface area contributed by atoms with Gasteiger partial charge in [0, 0.05) is 35.6 Å². The fourth-order valence-corrected chi connectivity index (χ4v) is 4.52. The first-order chi connectivity index (χ1) is 11.1. The molecule has 0 aliphatic carbocycles. The van der Waals surface area contributed by atoms with Gasteiger partial charge in [-0.1, -0.05) is 48.0 Å². The summed E-state index contributed by atoms with van der Waals surface area (Å²) in [6.07, 6.45) is 0. The molecule has 2 atom stereocenters. The van der Waals surface area contributed by atoms with Gasteiger partial charge in [0.05, 0.1) is 17.2 Å². The van der Waals surface area contributed by atoms with Crippen molar-refractivity contribution in [2.45, 2.75) is 31.6 Å². The van der Waals surface area contributed by atoms with Gasteiger partial charge in [-0.2, -0.15) is 0 Å². The molecule has 0 amide bonds. The van der Waals surface area contributed by atoms with E-state index in [2.05, 4.69) is 70.2 Å². The molecule has 0 N–H and O–H groups in total. The van der Waals surface area contributed by atoms with E-state index < -0.39 is 0 Å². The zero-order chi connectivity index (χ0) is 16.0. The minimum Gasteiger partial charge on any atom is -0.369 e. The predicted molar refractivity (Wildman–Crippen MR) is 96.8 cm³/mol. The van der Waals surface area contributed by atoms with Gasteiger partial charge >= 0.3 is 0 Å². The van der Waals surface area contributed by atoms with E-state index in [4.69, 9.17) is 16.3 Å². The fraction of sp³-hybridized carbons (Fsp3) is 0.368. The molecule has 4 heteroatoms. The largest absolute Gasteiger partial charge is 0.369 e. The maximum atomic E-state index is 6.47. The van der Waals surface area contributed by atoms with Gasteiger partial charge in [0.15, 0.2) is 0 Å². The number of rotatable bonds is 2. The highest BCUT2D eigenvalue weighted by Crippen LogP contribution is 2.47. The van der Waals surface area contributed by atoms with E-state index in [0.29, 0.717) is 12.5 Å². The van der Waals surface area contributed by atoms with Crippen LogP contribution in [0.4, 0.5) is 0 Å². The minimum atomic E-state index is -0.126. The second-order valence-corrected chi connectivity index (χ2v) is 7.97. The number of nitrogens with zero attached hydrogens (tertiary/aromatic N) is 1. The number of halogens is 2. The summed E-state index contributed by atoms with van der Waals surface area (Å²) in [5.74, 6) is 0.376. The number of ether oxygens (including phenoxy) is 1. The molecular weight excluding hydrogens is 374 g/mol. The van der Waals surface area contributed by atoms with Crippen molar-refractivity contribution in [3.8, 4) is 0 Å². The predicted octanol–water partition coefficient (Wildman–Crippen LogP) is 4.99. The summed E-state index contributed by atoms with van der Waals surface area (Å²) in [4.78, 5) is 2.49. The lowest BCUT2D eigenvalue weighted by atomic mass is 9.81. The van der Waals surface area contributed by atoms with Gasteiger partial charge in [0.2, 0.25) is 0 Å². The Kier molecular flexibility index (Phi) is 4.01. The van der Waals surface area contributed by atoms with Crippen LogP contribution in [0, 0.1) is 0 Å². The van der Waals surface area contributed by atoms with Crippen molar-refractivity contribution in [1.82, 2.24) is 4.90 Å². The fourth-order valence-electron chi connectivity index (χ4n) is 3.92. The second kappa shape index (κ2) is 5.89. The molecule has 0 saturated carbocycles. The molecule has 2 nitrogen and oxygen atoms in total. The van der Waals surface area contributed by atoms with Crippen molar-refractivity contribution in [1.29, 1.82) is 0 Å². The Balaban J connectivity index is 1.63. The topological polar surface area (TPSA) is 12.5 Å². The van der Waals surface area contributed by atoms with E-state index >= 15 is 0 Å². The molecule has 0 aromatic heterocycles. The Morgan fingerprint density at radius 1 is 1.26 bits per heavy atom. The summed E-state index contributed by atoms with van der Waals surface area (Å²) in [5.41, 5.74) is 3.72. The smallest absolute Gasteiger partial charge is 0.0866 e. The van der Waals surface area contributed by atoms with Crippen molar-refractivity contribution in [2.75, 3.05) is 13.1 Å². The summed E-state index contributed by atoms with van der Waals surface area (Å²) in [7, 11) is 0. The molecule has 0 unspecified atom stereocenters. The zero-order valence-corrected chi connectivity index (χ0v) is 15.4. The number of fused-ring (bicyclic) bond motifs is 3. The Morgan fingerprint density at radius 2 is 2.04 bits per heavy atom. The van der Waals surface area contributed by atoms with Crippen molar-refractivity contribution in [3.05, 3.63) is 68.7 Å². The number of hydrogen-bond donors (Lipinski definition) is 0. The summed E-state index contributed by atoms with van der Waals surface area (Å²) in [6, 6.07) is 14.9. The van der Waals surface area contributed by atoms with E-state index in [1.54, 1.807) is 0 Å². The third-order valence-electron chi connectivity index (χ3n) is 5.12. The van der Waals surface area contributed by atoms with Gasteiger partial charge in [0.25, 0.3) is 0 Å². The van der Waals surface area contributed by atoms with Crippen LogP contribution in [-0.4, -0.2) is 23.6 Å². The summed E-state index contributed by atoms with van der Waals surface area (Å²) < 4.78 is 7.22. The van der Waals surface area contributed by atoms with Crippen LogP contribution in [0.2, 0.25) is 5.02 Å². The van der Waals surface area contributed by atoms with Crippen LogP contribution in [0.5, 0.6) is 0 Å². The molecule has 2 heterocycles. The molecule has 0 spiro atoms. The van der Waals surface area contributed by atoms with Crippen LogP contribution in [0.3, 0.4) is 0 Å². The normalized spacial score (nSPS) is 26.8. The van der Waals surface area contributed by atoms with Crippen molar-refractivity contribution in [3.63, 3.8) is 0 Å². The van der Waals surface area contributed by atoms with E-state index in [1.807, 2.05) is 0 Å². The van der Waals surface area contributed by atoms with Gasteiger partial charge in [-0.3, -0.25) is 4.90 Å². The molecule has 2 aliphatic heterocycles. The molecule has 1 saturated heterocycles. The molecule has 4 rings (SSSR count). The molecule has 0 bridgehead atoms. The van der Waals surface area contributed by atoms with Gasteiger partial charge in [-0.15, -0.1) is 0 Å². The SMILES string of the molecule is C[C@]12CN(Cc3ccccc3)C[C@@H]1c1ccc(Br)c(Cl)c1CO2. The second-order valence-electron chi connectivity index (χ2n) is 6.74. The zero-order valence-electron chi connectivity index (χ0n) is 13.1. The van der Waals surface area contributed by atoms with E-state index in [9.17, 15) is 0 Å². The van der Waals surface area contributed by atoms with Crippen molar-refractivity contribution >= 4 is 27.5 Å². The van der Waals surface area contributed by atoms with Gasteiger partial charge in [-0.25, -0.2) is 0 Å². The van der Waals surface area contributed by atoms with E-state index in [-0.39, 0.29) is 5.60 Å². The molecule has 2 aliphatic rings. The maximum absolute atomic E-state index is 6.47. The molecule has 1 fully saturated rings. The standard InChI is InChI=1S/C19H19BrClNO/c1-19-12-22(9-13-5-3-2-4-6-13)10-16(19)14-7-8-17(20)18(21)15(14)11-23-19/h2-8,16H,9-12H2,1H3/t16-,19+/m1/s1. The summed E-state index contributed by atoms with van der Waals surface area (Å²) in [5, 5.41) is 0.797. The van der Waals surface area contributed by atoms with Crippen LogP contribution in [0.15, 0.2) is 46.9 Å². The highest BCUT2D eigenvalue weighted by atomic mass is 79.9. The quantitative estimate of drug-likeness (QED) is 0.714. The highest BCUT2D eigenvalue weighted by molar-refractivity contribution is 9.10. The minimum absolute atomic E-state index is 0.126. The Bertz CT molecular complexity index is 736. The van der Waals surface area contributed by atoms with Gasteiger partial charge in [-0.05, 0) is 40.0 Å². The average Bonchev–Trinajstić information content (AvgIpc) is 2.88. The van der Waals surface area contributed by atoms with Crippen molar-refractivity contribution < 1.29 is 4.74 Å².